The third-order valence-corrected chi connectivity index (χ3v) is 2.21. The van der Waals surface area contributed by atoms with Gasteiger partial charge in [0.1, 0.15) is 11.6 Å². The average molecular weight is 199 g/mol. The highest BCUT2D eigenvalue weighted by atomic mass is 19.1. The standard InChI is InChI=1S/C11H15F2N/c1-4-7-5-8(11(2,3)14)10(13)6-9(7)12/h5-6H,4,14H2,1-3H3. The molecule has 0 aromatic heterocycles. The summed E-state index contributed by atoms with van der Waals surface area (Å²) in [5.74, 6) is -1.08. The van der Waals surface area contributed by atoms with Gasteiger partial charge in [-0.2, -0.15) is 0 Å². The number of hydrogen-bond acceptors (Lipinski definition) is 1. The van der Waals surface area contributed by atoms with Crippen molar-refractivity contribution in [1.29, 1.82) is 0 Å². The Morgan fingerprint density at radius 2 is 1.79 bits per heavy atom. The van der Waals surface area contributed by atoms with E-state index in [1.807, 2.05) is 6.92 Å². The molecule has 0 unspecified atom stereocenters. The van der Waals surface area contributed by atoms with Crippen molar-refractivity contribution < 1.29 is 8.78 Å². The van der Waals surface area contributed by atoms with E-state index in [4.69, 9.17) is 5.73 Å². The maximum Gasteiger partial charge on any atom is 0.131 e. The van der Waals surface area contributed by atoms with Gasteiger partial charge >= 0.3 is 0 Å². The van der Waals surface area contributed by atoms with Gasteiger partial charge in [-0.3, -0.25) is 0 Å². The third kappa shape index (κ3) is 2.10. The Morgan fingerprint density at radius 3 is 2.21 bits per heavy atom. The second kappa shape index (κ2) is 3.65. The zero-order valence-corrected chi connectivity index (χ0v) is 8.70. The van der Waals surface area contributed by atoms with Crippen LogP contribution in [0.5, 0.6) is 0 Å². The van der Waals surface area contributed by atoms with Crippen molar-refractivity contribution in [1.82, 2.24) is 0 Å². The molecule has 0 aliphatic rings. The minimum absolute atomic E-state index is 0.357. The molecule has 0 aliphatic carbocycles. The fraction of sp³-hybridized carbons (Fsp3) is 0.455. The molecule has 3 heteroatoms. The zero-order chi connectivity index (χ0) is 10.9. The Bertz CT molecular complexity index is 340. The van der Waals surface area contributed by atoms with E-state index in [9.17, 15) is 8.78 Å². The molecule has 2 N–H and O–H groups in total. The van der Waals surface area contributed by atoms with Gasteiger partial charge in [0, 0.05) is 17.2 Å². The predicted molar refractivity (Wildman–Crippen MR) is 52.9 cm³/mol. The van der Waals surface area contributed by atoms with Crippen molar-refractivity contribution >= 4 is 0 Å². The number of hydrogen-bond donors (Lipinski definition) is 1. The van der Waals surface area contributed by atoms with Crippen LogP contribution in [-0.2, 0) is 12.0 Å². The van der Waals surface area contributed by atoms with Crippen molar-refractivity contribution in [3.05, 3.63) is 34.9 Å². The van der Waals surface area contributed by atoms with Crippen LogP contribution in [0.25, 0.3) is 0 Å². The van der Waals surface area contributed by atoms with Gasteiger partial charge in [-0.15, -0.1) is 0 Å². The highest BCUT2D eigenvalue weighted by Crippen LogP contribution is 2.23. The molecule has 1 rings (SSSR count). The van der Waals surface area contributed by atoms with Crippen LogP contribution in [0.3, 0.4) is 0 Å². The van der Waals surface area contributed by atoms with Gasteiger partial charge in [0.15, 0.2) is 0 Å². The topological polar surface area (TPSA) is 26.0 Å². The van der Waals surface area contributed by atoms with Crippen LogP contribution in [0.15, 0.2) is 12.1 Å². The highest BCUT2D eigenvalue weighted by Gasteiger charge is 2.20. The molecule has 0 amide bonds. The Labute approximate surface area is 82.9 Å². The summed E-state index contributed by atoms with van der Waals surface area (Å²) in [6.07, 6.45) is 0.537. The second-order valence-corrected chi connectivity index (χ2v) is 4.00. The zero-order valence-electron chi connectivity index (χ0n) is 8.70. The van der Waals surface area contributed by atoms with Crippen LogP contribution in [0.4, 0.5) is 8.78 Å². The molecule has 1 nitrogen and oxygen atoms in total. The van der Waals surface area contributed by atoms with Crippen LogP contribution in [0.1, 0.15) is 31.9 Å². The van der Waals surface area contributed by atoms with Crippen molar-refractivity contribution in [2.75, 3.05) is 0 Å². The second-order valence-electron chi connectivity index (χ2n) is 4.00. The first kappa shape index (κ1) is 11.1. The fourth-order valence-electron chi connectivity index (χ4n) is 1.36. The van der Waals surface area contributed by atoms with Crippen LogP contribution < -0.4 is 5.73 Å². The van der Waals surface area contributed by atoms with Crippen molar-refractivity contribution in [2.24, 2.45) is 5.73 Å². The van der Waals surface area contributed by atoms with E-state index in [-0.39, 0.29) is 0 Å². The first-order valence-corrected chi connectivity index (χ1v) is 4.63. The third-order valence-electron chi connectivity index (χ3n) is 2.21. The van der Waals surface area contributed by atoms with Crippen molar-refractivity contribution in [3.8, 4) is 0 Å². The molecule has 0 saturated carbocycles. The van der Waals surface area contributed by atoms with E-state index < -0.39 is 17.2 Å². The summed E-state index contributed by atoms with van der Waals surface area (Å²) in [6.45, 7) is 5.22. The molecule has 0 radical (unpaired) electrons. The number of benzene rings is 1. The molecule has 0 saturated heterocycles. The molecule has 1 aromatic carbocycles. The number of halogens is 2. The van der Waals surface area contributed by atoms with Crippen molar-refractivity contribution in [2.45, 2.75) is 32.7 Å². The molecule has 0 aliphatic heterocycles. The predicted octanol–water partition coefficient (Wildman–Crippen LogP) is 2.72. The summed E-state index contributed by atoms with van der Waals surface area (Å²) in [4.78, 5) is 0. The van der Waals surface area contributed by atoms with Gasteiger partial charge in [-0.1, -0.05) is 6.92 Å². The van der Waals surface area contributed by atoms with Crippen LogP contribution in [0, 0.1) is 11.6 Å². The number of nitrogens with two attached hydrogens (primary N) is 1. The van der Waals surface area contributed by atoms with Gasteiger partial charge in [-0.05, 0) is 31.9 Å². The lowest BCUT2D eigenvalue weighted by Crippen LogP contribution is -2.30. The molecule has 0 atom stereocenters. The van der Waals surface area contributed by atoms with Crippen LogP contribution in [0.2, 0.25) is 0 Å². The molecule has 14 heavy (non-hydrogen) atoms. The maximum absolute atomic E-state index is 13.3. The first-order chi connectivity index (χ1) is 6.36. The SMILES string of the molecule is CCc1cc(C(C)(C)N)c(F)cc1F. The average Bonchev–Trinajstić information content (AvgIpc) is 2.02. The Balaban J connectivity index is 3.32. The van der Waals surface area contributed by atoms with Gasteiger partial charge in [0.25, 0.3) is 0 Å². The normalized spacial score (nSPS) is 11.9. The summed E-state index contributed by atoms with van der Waals surface area (Å²) in [5.41, 5.74) is 5.85. The Hall–Kier alpha value is -0.960. The van der Waals surface area contributed by atoms with E-state index in [1.54, 1.807) is 13.8 Å². The lowest BCUT2D eigenvalue weighted by atomic mass is 9.93. The number of aryl methyl sites for hydroxylation is 1. The van der Waals surface area contributed by atoms with Gasteiger partial charge < -0.3 is 5.73 Å². The Morgan fingerprint density at radius 1 is 1.21 bits per heavy atom. The minimum Gasteiger partial charge on any atom is -0.322 e. The van der Waals surface area contributed by atoms with Crippen LogP contribution in [-0.4, -0.2) is 0 Å². The van der Waals surface area contributed by atoms with Crippen molar-refractivity contribution in [3.63, 3.8) is 0 Å². The first-order valence-electron chi connectivity index (χ1n) is 4.63. The molecule has 0 bridgehead atoms. The van der Waals surface area contributed by atoms with E-state index >= 15 is 0 Å². The van der Waals surface area contributed by atoms with Gasteiger partial charge in [0.2, 0.25) is 0 Å². The summed E-state index contributed by atoms with van der Waals surface area (Å²) < 4.78 is 26.5. The van der Waals surface area contributed by atoms with Gasteiger partial charge in [-0.25, -0.2) is 8.78 Å². The fourth-order valence-corrected chi connectivity index (χ4v) is 1.36. The lowest BCUT2D eigenvalue weighted by molar-refractivity contribution is 0.490. The number of rotatable bonds is 2. The lowest BCUT2D eigenvalue weighted by Gasteiger charge is -2.20. The summed E-state index contributed by atoms with van der Waals surface area (Å²) in [7, 11) is 0. The van der Waals surface area contributed by atoms with Gasteiger partial charge in [0.05, 0.1) is 0 Å². The molecular formula is C11H15F2N. The monoisotopic (exact) mass is 199 g/mol. The molecule has 78 valence electrons. The van der Waals surface area contributed by atoms with E-state index in [2.05, 4.69) is 0 Å². The molecule has 0 spiro atoms. The largest absolute Gasteiger partial charge is 0.322 e. The van der Waals surface area contributed by atoms with E-state index in [0.29, 0.717) is 17.5 Å². The summed E-state index contributed by atoms with van der Waals surface area (Å²) in [5, 5.41) is 0. The smallest absolute Gasteiger partial charge is 0.131 e. The quantitative estimate of drug-likeness (QED) is 0.778. The molecule has 1 aromatic rings. The van der Waals surface area contributed by atoms with E-state index in [1.165, 1.54) is 6.07 Å². The summed E-state index contributed by atoms with van der Waals surface area (Å²) in [6, 6.07) is 2.41. The molecule has 0 heterocycles. The Kier molecular flexibility index (Phi) is 2.90. The van der Waals surface area contributed by atoms with Crippen LogP contribution >= 0.6 is 0 Å². The highest BCUT2D eigenvalue weighted by molar-refractivity contribution is 5.31. The molecular weight excluding hydrogens is 184 g/mol. The summed E-state index contributed by atoms with van der Waals surface area (Å²) >= 11 is 0. The minimum atomic E-state index is -0.776. The maximum atomic E-state index is 13.3. The van der Waals surface area contributed by atoms with E-state index in [0.717, 1.165) is 6.07 Å². The molecule has 0 fully saturated rings.